The predicted molar refractivity (Wildman–Crippen MR) is 150 cm³/mol. The average Bonchev–Trinajstić information content (AvgIpc) is 3.45. The van der Waals surface area contributed by atoms with Gasteiger partial charge in [0.05, 0.1) is 17.2 Å². The Kier molecular flexibility index (Phi) is 5.99. The Morgan fingerprint density at radius 2 is 1.43 bits per heavy atom. The second-order valence-corrected chi connectivity index (χ2v) is 11.8. The number of hydroxylamine groups is 2. The van der Waals surface area contributed by atoms with Crippen LogP contribution < -0.4 is 5.32 Å². The Labute approximate surface area is 242 Å². The molecule has 2 fully saturated rings. The molecule has 9 heteroatoms. The van der Waals surface area contributed by atoms with Crippen LogP contribution in [0.25, 0.3) is 11.1 Å². The number of carbonyl (C=O) groups excluding carboxylic acids is 4. The molecule has 0 radical (unpaired) electrons. The van der Waals surface area contributed by atoms with Crippen molar-refractivity contribution in [3.63, 3.8) is 0 Å². The number of benzene rings is 3. The van der Waals surface area contributed by atoms with Gasteiger partial charge in [-0.3, -0.25) is 9.59 Å². The maximum Gasteiger partial charge on any atom is 0.408 e. The summed E-state index contributed by atoms with van der Waals surface area (Å²) in [4.78, 5) is 59.1. The van der Waals surface area contributed by atoms with Gasteiger partial charge in [-0.15, -0.1) is 0 Å². The van der Waals surface area contributed by atoms with E-state index in [9.17, 15) is 19.2 Å². The molecule has 7 rings (SSSR count). The highest BCUT2D eigenvalue weighted by molar-refractivity contribution is 6.21. The normalized spacial score (nSPS) is 25.0. The number of alkyl carbamates (subject to hydrolysis) is 1. The first-order valence-corrected chi connectivity index (χ1v) is 14.2. The lowest BCUT2D eigenvalue weighted by Crippen LogP contribution is -2.83. The molecule has 3 aromatic carbocycles. The zero-order chi connectivity index (χ0) is 29.2. The number of nitrogens with zero attached hydrogens (tertiary/aromatic N) is 1. The molecule has 2 aliphatic heterocycles. The number of rotatable bonds is 5. The molecule has 0 spiro atoms. The molecular weight excluding hydrogens is 536 g/mol. The third-order valence-electron chi connectivity index (χ3n) is 9.50. The van der Waals surface area contributed by atoms with Gasteiger partial charge in [0.15, 0.2) is 5.54 Å². The largest absolute Gasteiger partial charge is 0.449 e. The van der Waals surface area contributed by atoms with Crippen molar-refractivity contribution < 1.29 is 33.5 Å². The Morgan fingerprint density at radius 3 is 2.02 bits per heavy atom. The summed E-state index contributed by atoms with van der Waals surface area (Å²) in [6.07, 6.45) is 0.170. The fourth-order valence-electron chi connectivity index (χ4n) is 7.46. The van der Waals surface area contributed by atoms with Crippen molar-refractivity contribution in [1.82, 2.24) is 10.4 Å². The quantitative estimate of drug-likeness (QED) is 0.440. The minimum absolute atomic E-state index is 0.0639. The van der Waals surface area contributed by atoms with Crippen molar-refractivity contribution in [1.29, 1.82) is 0 Å². The number of hydrogen-bond acceptors (Lipinski definition) is 7. The van der Waals surface area contributed by atoms with Crippen LogP contribution in [0, 0.1) is 11.3 Å². The van der Waals surface area contributed by atoms with Gasteiger partial charge in [0.25, 0.3) is 11.8 Å². The fraction of sp³-hybridized carbons (Fsp3) is 0.333. The third-order valence-corrected chi connectivity index (χ3v) is 9.50. The van der Waals surface area contributed by atoms with Crippen molar-refractivity contribution in [2.24, 2.45) is 11.3 Å². The highest BCUT2D eigenvalue weighted by atomic mass is 16.7. The van der Waals surface area contributed by atoms with Crippen LogP contribution in [0.5, 0.6) is 0 Å². The van der Waals surface area contributed by atoms with E-state index < -0.39 is 40.7 Å². The summed E-state index contributed by atoms with van der Waals surface area (Å²) < 4.78 is 11.8. The summed E-state index contributed by atoms with van der Waals surface area (Å²) >= 11 is 0. The molecule has 1 saturated heterocycles. The molecule has 2 aliphatic carbocycles. The first-order valence-electron chi connectivity index (χ1n) is 14.2. The number of hydrogen-bond donors (Lipinski definition) is 1. The number of imide groups is 1. The molecule has 3 unspecified atom stereocenters. The molecule has 9 nitrogen and oxygen atoms in total. The maximum atomic E-state index is 14.0. The third kappa shape index (κ3) is 3.59. The lowest BCUT2D eigenvalue weighted by molar-refractivity contribution is -0.253. The molecule has 4 aliphatic rings. The second-order valence-electron chi connectivity index (χ2n) is 11.8. The van der Waals surface area contributed by atoms with Gasteiger partial charge in [0, 0.05) is 23.9 Å². The molecule has 0 aromatic heterocycles. The second kappa shape index (κ2) is 9.52. The summed E-state index contributed by atoms with van der Waals surface area (Å²) in [7, 11) is 0. The standard InChI is InChI=1S/C33H30N2O7/c1-32(2)27-26(16-9-17-40-27)33(32,30(38)42-35-28(36)23-14-7-8-15-24(23)29(35)37)34-31(39)41-18-25-21-12-5-3-10-19(21)20-11-4-6-13-22(20)25/h3-8,10-15,25-27H,9,16-18H2,1-2H3,(H,34,39). The maximum absolute atomic E-state index is 14.0. The smallest absolute Gasteiger partial charge is 0.408 e. The predicted octanol–water partition coefficient (Wildman–Crippen LogP) is 4.85. The number of amides is 3. The van der Waals surface area contributed by atoms with Gasteiger partial charge in [-0.2, -0.15) is 0 Å². The minimum Gasteiger partial charge on any atom is -0.449 e. The van der Waals surface area contributed by atoms with E-state index in [1.54, 1.807) is 12.1 Å². The molecule has 2 heterocycles. The highest BCUT2D eigenvalue weighted by Gasteiger charge is 2.74. The van der Waals surface area contributed by atoms with E-state index >= 15 is 0 Å². The molecule has 214 valence electrons. The molecule has 0 bridgehead atoms. The van der Waals surface area contributed by atoms with E-state index in [2.05, 4.69) is 17.4 Å². The van der Waals surface area contributed by atoms with Crippen LogP contribution in [0.3, 0.4) is 0 Å². The van der Waals surface area contributed by atoms with Crippen LogP contribution in [0.2, 0.25) is 0 Å². The molecule has 42 heavy (non-hydrogen) atoms. The van der Waals surface area contributed by atoms with Crippen LogP contribution in [-0.2, 0) is 19.1 Å². The molecule has 1 N–H and O–H groups in total. The van der Waals surface area contributed by atoms with E-state index in [1.807, 2.05) is 50.2 Å². The van der Waals surface area contributed by atoms with Gasteiger partial charge in [-0.1, -0.05) is 79.6 Å². The zero-order valence-corrected chi connectivity index (χ0v) is 23.3. The van der Waals surface area contributed by atoms with E-state index in [4.69, 9.17) is 14.3 Å². The number of fused-ring (bicyclic) bond motifs is 5. The summed E-state index contributed by atoms with van der Waals surface area (Å²) in [5.41, 5.74) is 2.14. The Morgan fingerprint density at radius 1 is 0.881 bits per heavy atom. The van der Waals surface area contributed by atoms with Gasteiger partial charge in [-0.25, -0.2) is 9.59 Å². The highest BCUT2D eigenvalue weighted by Crippen LogP contribution is 2.59. The number of carbonyl (C=O) groups is 4. The van der Waals surface area contributed by atoms with Gasteiger partial charge in [0.1, 0.15) is 6.61 Å². The molecule has 1 saturated carbocycles. The first-order chi connectivity index (χ1) is 20.3. The molecule has 3 aromatic rings. The van der Waals surface area contributed by atoms with Gasteiger partial charge in [0.2, 0.25) is 0 Å². The Balaban J connectivity index is 1.14. The Bertz CT molecular complexity index is 1570. The SMILES string of the molecule is CC1(C)C2OCCCC2C1(NC(=O)OCC1c2ccccc2-c2ccccc21)C(=O)ON1C(=O)c2ccccc2C1=O. The summed E-state index contributed by atoms with van der Waals surface area (Å²) in [5.74, 6) is -2.95. The van der Waals surface area contributed by atoms with Crippen molar-refractivity contribution in [2.45, 2.75) is 44.2 Å². The van der Waals surface area contributed by atoms with Crippen molar-refractivity contribution in [3.8, 4) is 11.1 Å². The van der Waals surface area contributed by atoms with Crippen LogP contribution in [0.4, 0.5) is 4.79 Å². The van der Waals surface area contributed by atoms with Gasteiger partial charge in [-0.05, 0) is 47.2 Å². The van der Waals surface area contributed by atoms with Crippen LogP contribution in [-0.4, -0.2) is 53.8 Å². The van der Waals surface area contributed by atoms with Crippen molar-refractivity contribution >= 4 is 23.9 Å². The van der Waals surface area contributed by atoms with Gasteiger partial charge < -0.3 is 19.6 Å². The fourth-order valence-corrected chi connectivity index (χ4v) is 7.46. The summed E-state index contributed by atoms with van der Waals surface area (Å²) in [5, 5.41) is 3.34. The summed E-state index contributed by atoms with van der Waals surface area (Å²) in [6.45, 7) is 4.23. The van der Waals surface area contributed by atoms with Crippen LogP contribution >= 0.6 is 0 Å². The lowest BCUT2D eigenvalue weighted by Gasteiger charge is -2.65. The van der Waals surface area contributed by atoms with E-state index in [-0.39, 0.29) is 29.8 Å². The van der Waals surface area contributed by atoms with Crippen molar-refractivity contribution in [3.05, 3.63) is 95.1 Å². The topological polar surface area (TPSA) is 111 Å². The van der Waals surface area contributed by atoms with Crippen LogP contribution in [0.1, 0.15) is 64.4 Å². The number of ether oxygens (including phenoxy) is 2. The zero-order valence-electron chi connectivity index (χ0n) is 23.3. The van der Waals surface area contributed by atoms with E-state index in [0.29, 0.717) is 24.5 Å². The minimum atomic E-state index is -1.59. The first kappa shape index (κ1) is 26.4. The molecule has 3 amide bonds. The summed E-state index contributed by atoms with van der Waals surface area (Å²) in [6, 6.07) is 22.3. The lowest BCUT2D eigenvalue weighted by atomic mass is 9.46. The Hall–Kier alpha value is -4.50. The molecular formula is C33H30N2O7. The van der Waals surface area contributed by atoms with E-state index in [0.717, 1.165) is 22.3 Å². The molecule has 3 atom stereocenters. The monoisotopic (exact) mass is 566 g/mol. The number of nitrogens with one attached hydrogen (secondary N) is 1. The van der Waals surface area contributed by atoms with Crippen LogP contribution in [0.15, 0.2) is 72.8 Å². The van der Waals surface area contributed by atoms with E-state index in [1.165, 1.54) is 12.1 Å². The van der Waals surface area contributed by atoms with Crippen molar-refractivity contribution in [2.75, 3.05) is 13.2 Å². The van der Waals surface area contributed by atoms with Gasteiger partial charge >= 0.3 is 12.1 Å². The average molecular weight is 567 g/mol.